The van der Waals surface area contributed by atoms with Crippen molar-refractivity contribution < 1.29 is 13.9 Å². The molecule has 3 rings (SSSR count). The van der Waals surface area contributed by atoms with Crippen LogP contribution in [0.4, 0.5) is 5.69 Å². The molecule has 0 amide bonds. The summed E-state index contributed by atoms with van der Waals surface area (Å²) in [6.45, 7) is 3.86. The van der Waals surface area contributed by atoms with E-state index in [-0.39, 0.29) is 0 Å². The molecule has 0 bridgehead atoms. The minimum Gasteiger partial charge on any atom is -0.497 e. The van der Waals surface area contributed by atoms with Crippen LogP contribution in [0.25, 0.3) is 0 Å². The Kier molecular flexibility index (Phi) is 4.66. The average molecular weight is 321 g/mol. The normalized spacial score (nSPS) is 11.0. The van der Waals surface area contributed by atoms with Crippen LogP contribution in [0.1, 0.15) is 17.1 Å². The minimum atomic E-state index is 0.732. The second-order valence-corrected chi connectivity index (χ2v) is 5.40. The second kappa shape index (κ2) is 7.04. The van der Waals surface area contributed by atoms with E-state index < -0.39 is 0 Å². The number of benzene rings is 2. The van der Waals surface area contributed by atoms with Crippen molar-refractivity contribution in [1.29, 1.82) is 0 Å². The van der Waals surface area contributed by atoms with E-state index in [4.69, 9.17) is 13.9 Å². The molecule has 0 aliphatic carbocycles. The van der Waals surface area contributed by atoms with Gasteiger partial charge in [0.25, 0.3) is 0 Å². The molecule has 1 heterocycles. The van der Waals surface area contributed by atoms with Gasteiger partial charge in [-0.25, -0.2) is 0 Å². The van der Waals surface area contributed by atoms with Crippen molar-refractivity contribution in [3.8, 4) is 17.2 Å². The van der Waals surface area contributed by atoms with E-state index in [0.717, 1.165) is 40.0 Å². The second-order valence-electron chi connectivity index (χ2n) is 5.40. The van der Waals surface area contributed by atoms with E-state index in [0.29, 0.717) is 0 Å². The highest BCUT2D eigenvalue weighted by atomic mass is 16.5. The van der Waals surface area contributed by atoms with Crippen LogP contribution in [0, 0.1) is 13.8 Å². The number of aliphatic imine (C=N–C) groups is 1. The Morgan fingerprint density at radius 1 is 0.917 bits per heavy atom. The molecule has 3 aromatic rings. The smallest absolute Gasteiger partial charge is 0.131 e. The van der Waals surface area contributed by atoms with Gasteiger partial charge in [-0.3, -0.25) is 4.99 Å². The Morgan fingerprint density at radius 3 is 2.33 bits per heavy atom. The van der Waals surface area contributed by atoms with Gasteiger partial charge in [0.1, 0.15) is 28.8 Å². The number of hydrogen-bond acceptors (Lipinski definition) is 4. The highest BCUT2D eigenvalue weighted by Gasteiger charge is 2.02. The van der Waals surface area contributed by atoms with Crippen LogP contribution in [0.15, 0.2) is 64.0 Å². The summed E-state index contributed by atoms with van der Waals surface area (Å²) in [5, 5.41) is 0. The maximum atomic E-state index is 5.81. The molecule has 4 nitrogen and oxygen atoms in total. The third-order valence-electron chi connectivity index (χ3n) is 3.55. The molecule has 0 N–H and O–H groups in total. The third kappa shape index (κ3) is 3.84. The molecule has 0 aliphatic rings. The lowest BCUT2D eigenvalue weighted by molar-refractivity contribution is 0.409. The van der Waals surface area contributed by atoms with Gasteiger partial charge in [-0.1, -0.05) is 6.07 Å². The van der Waals surface area contributed by atoms with E-state index >= 15 is 0 Å². The average Bonchev–Trinajstić information content (AvgIpc) is 2.92. The lowest BCUT2D eigenvalue weighted by atomic mass is 10.2. The lowest BCUT2D eigenvalue weighted by Crippen LogP contribution is -1.86. The molecule has 0 fully saturated rings. The molecule has 0 spiro atoms. The quantitative estimate of drug-likeness (QED) is 0.587. The minimum absolute atomic E-state index is 0.732. The molecule has 0 saturated heterocycles. The first-order valence-electron chi connectivity index (χ1n) is 7.67. The molecular weight excluding hydrogens is 302 g/mol. The highest BCUT2D eigenvalue weighted by molar-refractivity contribution is 5.83. The number of furan rings is 1. The summed E-state index contributed by atoms with van der Waals surface area (Å²) in [7, 11) is 1.63. The molecular formula is C20H19NO3. The van der Waals surface area contributed by atoms with E-state index in [1.54, 1.807) is 7.11 Å². The van der Waals surface area contributed by atoms with Crippen molar-refractivity contribution in [2.24, 2.45) is 4.99 Å². The van der Waals surface area contributed by atoms with Gasteiger partial charge in [0.15, 0.2) is 0 Å². The molecule has 24 heavy (non-hydrogen) atoms. The summed E-state index contributed by atoms with van der Waals surface area (Å²) in [6.07, 6.45) is 1.81. The van der Waals surface area contributed by atoms with Gasteiger partial charge in [-0.2, -0.15) is 0 Å². The molecule has 0 radical (unpaired) electrons. The fraction of sp³-hybridized carbons (Fsp3) is 0.150. The van der Waals surface area contributed by atoms with Gasteiger partial charge in [0, 0.05) is 17.8 Å². The largest absolute Gasteiger partial charge is 0.497 e. The monoisotopic (exact) mass is 321 g/mol. The van der Waals surface area contributed by atoms with Crippen molar-refractivity contribution >= 4 is 11.9 Å². The molecule has 1 aromatic heterocycles. The first-order chi connectivity index (χ1) is 11.6. The molecule has 0 aliphatic heterocycles. The summed E-state index contributed by atoms with van der Waals surface area (Å²) < 4.78 is 16.5. The predicted octanol–water partition coefficient (Wildman–Crippen LogP) is 5.45. The van der Waals surface area contributed by atoms with E-state index in [9.17, 15) is 0 Å². The first kappa shape index (κ1) is 15.9. The Hall–Kier alpha value is -3.01. The Labute approximate surface area is 141 Å². The van der Waals surface area contributed by atoms with Crippen LogP contribution in [0.2, 0.25) is 0 Å². The van der Waals surface area contributed by atoms with Crippen LogP contribution >= 0.6 is 0 Å². The third-order valence-corrected chi connectivity index (χ3v) is 3.55. The van der Waals surface area contributed by atoms with Crippen molar-refractivity contribution in [1.82, 2.24) is 0 Å². The zero-order valence-electron chi connectivity index (χ0n) is 13.9. The Bertz CT molecular complexity index is 848. The van der Waals surface area contributed by atoms with Gasteiger partial charge in [0.2, 0.25) is 0 Å². The van der Waals surface area contributed by atoms with Crippen LogP contribution in [0.3, 0.4) is 0 Å². The number of nitrogens with zero attached hydrogens (tertiary/aromatic N) is 1. The lowest BCUT2D eigenvalue weighted by Gasteiger charge is -2.07. The number of aryl methyl sites for hydroxylation is 2. The SMILES string of the molecule is COc1cccc(Oc2ccc(N=Cc3cc(C)oc3C)cc2)c1. The molecule has 122 valence electrons. The summed E-state index contributed by atoms with van der Waals surface area (Å²) >= 11 is 0. The van der Waals surface area contributed by atoms with E-state index in [1.807, 2.05) is 74.7 Å². The van der Waals surface area contributed by atoms with E-state index in [2.05, 4.69) is 4.99 Å². The summed E-state index contributed by atoms with van der Waals surface area (Å²) in [6, 6.07) is 17.1. The van der Waals surface area contributed by atoms with Crippen molar-refractivity contribution in [3.05, 3.63) is 71.7 Å². The fourth-order valence-electron chi connectivity index (χ4n) is 2.32. The Morgan fingerprint density at radius 2 is 1.67 bits per heavy atom. The van der Waals surface area contributed by atoms with Gasteiger partial charge < -0.3 is 13.9 Å². The van der Waals surface area contributed by atoms with Gasteiger partial charge in [-0.15, -0.1) is 0 Å². The number of ether oxygens (including phenoxy) is 2. The predicted molar refractivity (Wildman–Crippen MR) is 94.9 cm³/mol. The summed E-state index contributed by atoms with van der Waals surface area (Å²) in [5.41, 5.74) is 1.84. The Balaban J connectivity index is 1.70. The summed E-state index contributed by atoms with van der Waals surface area (Å²) in [4.78, 5) is 4.47. The first-order valence-corrected chi connectivity index (χ1v) is 7.67. The van der Waals surface area contributed by atoms with Crippen LogP contribution in [0.5, 0.6) is 17.2 Å². The van der Waals surface area contributed by atoms with Crippen LogP contribution in [-0.2, 0) is 0 Å². The van der Waals surface area contributed by atoms with Gasteiger partial charge in [-0.05, 0) is 56.3 Å². The van der Waals surface area contributed by atoms with Crippen molar-refractivity contribution in [3.63, 3.8) is 0 Å². The molecule has 0 atom stereocenters. The van der Waals surface area contributed by atoms with Crippen molar-refractivity contribution in [2.45, 2.75) is 13.8 Å². The van der Waals surface area contributed by atoms with Crippen LogP contribution < -0.4 is 9.47 Å². The topological polar surface area (TPSA) is 44.0 Å². The van der Waals surface area contributed by atoms with Crippen molar-refractivity contribution in [2.75, 3.05) is 7.11 Å². The van der Waals surface area contributed by atoms with Gasteiger partial charge in [0.05, 0.1) is 12.8 Å². The van der Waals surface area contributed by atoms with Crippen LogP contribution in [-0.4, -0.2) is 13.3 Å². The fourth-order valence-corrected chi connectivity index (χ4v) is 2.32. The molecule has 2 aromatic carbocycles. The summed E-state index contributed by atoms with van der Waals surface area (Å²) in [5.74, 6) is 4.00. The standard InChI is InChI=1S/C20H19NO3/c1-14-11-16(15(2)23-14)13-21-17-7-9-18(10-8-17)24-20-6-4-5-19(12-20)22-3/h4-13H,1-3H3. The molecule has 0 saturated carbocycles. The molecule has 0 unspecified atom stereocenters. The highest BCUT2D eigenvalue weighted by Crippen LogP contribution is 2.26. The number of rotatable bonds is 5. The molecule has 4 heteroatoms. The van der Waals surface area contributed by atoms with Gasteiger partial charge >= 0.3 is 0 Å². The maximum Gasteiger partial charge on any atom is 0.131 e. The number of methoxy groups -OCH3 is 1. The zero-order chi connectivity index (χ0) is 16.9. The zero-order valence-corrected chi connectivity index (χ0v) is 13.9. The van der Waals surface area contributed by atoms with E-state index in [1.165, 1.54) is 0 Å². The number of hydrogen-bond donors (Lipinski definition) is 0. The maximum absolute atomic E-state index is 5.81.